The zero-order valence-corrected chi connectivity index (χ0v) is 17.3. The molecular formula is C22H24F2N6O. The van der Waals surface area contributed by atoms with Crippen LogP contribution in [0.3, 0.4) is 0 Å². The lowest BCUT2D eigenvalue weighted by atomic mass is 9.86. The molecule has 2 bridgehead atoms. The van der Waals surface area contributed by atoms with Gasteiger partial charge in [-0.15, -0.1) is 0 Å². The van der Waals surface area contributed by atoms with Crippen LogP contribution in [0.15, 0.2) is 24.4 Å². The SMILES string of the molecule is CC(F)(F)c1cccc(-n2cc3c(n2)CCC(C(=O)N[C@@H]2C[C@@H]4CC[C@H]2N4C#N)C3)n1. The Bertz CT molecular complexity index is 1060. The summed E-state index contributed by atoms with van der Waals surface area (Å²) in [6, 6.07) is 4.92. The Kier molecular flexibility index (Phi) is 4.68. The van der Waals surface area contributed by atoms with E-state index in [9.17, 15) is 18.8 Å². The molecule has 1 amide bonds. The molecule has 2 aromatic heterocycles. The van der Waals surface area contributed by atoms with Crippen LogP contribution in [-0.2, 0) is 23.6 Å². The number of carbonyl (C=O) groups excluding carboxylic acids is 1. The highest BCUT2D eigenvalue weighted by Gasteiger charge is 2.47. The molecule has 9 heteroatoms. The van der Waals surface area contributed by atoms with E-state index < -0.39 is 5.92 Å². The molecule has 2 aliphatic heterocycles. The van der Waals surface area contributed by atoms with Gasteiger partial charge in [0.05, 0.1) is 17.8 Å². The minimum absolute atomic E-state index is 0.0274. The summed E-state index contributed by atoms with van der Waals surface area (Å²) in [6.45, 7) is 0.822. The summed E-state index contributed by atoms with van der Waals surface area (Å²) in [5.74, 6) is -2.81. The Labute approximate surface area is 179 Å². The Morgan fingerprint density at radius 3 is 2.90 bits per heavy atom. The standard InChI is InChI=1S/C22H24F2N6O/c1-22(23,24)19-3-2-4-20(27-19)30-11-14-9-13(5-7-16(14)28-30)21(31)26-17-10-15-6-8-18(17)29(15)12-25/h2-4,11,13,15,17-18H,5-10H2,1H3,(H,26,31)/t13?,15-,17+,18+/m0/s1. The third-order valence-electron chi connectivity index (χ3n) is 6.84. The smallest absolute Gasteiger partial charge is 0.287 e. The maximum absolute atomic E-state index is 13.6. The van der Waals surface area contributed by atoms with Crippen LogP contribution < -0.4 is 5.32 Å². The highest BCUT2D eigenvalue weighted by atomic mass is 19.3. The zero-order valence-electron chi connectivity index (χ0n) is 17.3. The fourth-order valence-corrected chi connectivity index (χ4v) is 5.24. The van der Waals surface area contributed by atoms with Gasteiger partial charge in [0.2, 0.25) is 5.91 Å². The average Bonchev–Trinajstić information content (AvgIpc) is 3.44. The lowest BCUT2D eigenvalue weighted by Gasteiger charge is -2.26. The molecule has 2 aromatic rings. The maximum Gasteiger partial charge on any atom is 0.287 e. The first-order valence-corrected chi connectivity index (χ1v) is 10.7. The molecule has 1 unspecified atom stereocenters. The molecule has 1 aliphatic carbocycles. The minimum Gasteiger partial charge on any atom is -0.351 e. The lowest BCUT2D eigenvalue weighted by Crippen LogP contribution is -2.46. The van der Waals surface area contributed by atoms with Gasteiger partial charge in [0.1, 0.15) is 5.69 Å². The number of nitriles is 1. The van der Waals surface area contributed by atoms with Crippen molar-refractivity contribution < 1.29 is 13.6 Å². The number of nitrogens with zero attached hydrogens (tertiary/aromatic N) is 5. The van der Waals surface area contributed by atoms with Crippen LogP contribution in [0, 0.1) is 17.4 Å². The van der Waals surface area contributed by atoms with E-state index >= 15 is 0 Å². The van der Waals surface area contributed by atoms with E-state index in [1.165, 1.54) is 10.7 Å². The number of hydrogen-bond donors (Lipinski definition) is 1. The van der Waals surface area contributed by atoms with E-state index in [0.29, 0.717) is 25.1 Å². The second kappa shape index (κ2) is 7.29. The van der Waals surface area contributed by atoms with Crippen molar-refractivity contribution in [2.45, 2.75) is 69.5 Å². The quantitative estimate of drug-likeness (QED) is 0.760. The Hall–Kier alpha value is -3.02. The number of fused-ring (bicyclic) bond motifs is 3. The van der Waals surface area contributed by atoms with Crippen molar-refractivity contribution in [2.24, 2.45) is 5.92 Å². The van der Waals surface area contributed by atoms with Gasteiger partial charge in [-0.05, 0) is 56.2 Å². The Morgan fingerprint density at radius 2 is 2.16 bits per heavy atom. The van der Waals surface area contributed by atoms with Crippen LogP contribution in [0.5, 0.6) is 0 Å². The summed E-state index contributed by atoms with van der Waals surface area (Å²) in [6.07, 6.45) is 8.79. The van der Waals surface area contributed by atoms with Crippen LogP contribution in [0.2, 0.25) is 0 Å². The minimum atomic E-state index is -3.02. The van der Waals surface area contributed by atoms with Gasteiger partial charge >= 0.3 is 0 Å². The van der Waals surface area contributed by atoms with Gasteiger partial charge in [-0.25, -0.2) is 9.67 Å². The molecule has 0 spiro atoms. The first kappa shape index (κ1) is 19.9. The summed E-state index contributed by atoms with van der Waals surface area (Å²) < 4.78 is 28.8. The molecule has 4 atom stereocenters. The summed E-state index contributed by atoms with van der Waals surface area (Å²) >= 11 is 0. The number of alkyl halides is 2. The molecule has 3 aliphatic rings. The number of nitrogens with one attached hydrogen (secondary N) is 1. The predicted molar refractivity (Wildman–Crippen MR) is 107 cm³/mol. The second-order valence-corrected chi connectivity index (χ2v) is 8.91. The number of amides is 1. The molecule has 7 nitrogen and oxygen atoms in total. The van der Waals surface area contributed by atoms with Crippen molar-refractivity contribution in [2.75, 3.05) is 0 Å². The first-order chi connectivity index (χ1) is 14.8. The maximum atomic E-state index is 13.6. The number of aryl methyl sites for hydroxylation is 1. The van der Waals surface area contributed by atoms with Gasteiger partial charge in [-0.2, -0.15) is 19.1 Å². The van der Waals surface area contributed by atoms with Crippen molar-refractivity contribution in [1.82, 2.24) is 25.0 Å². The number of hydrogen-bond acceptors (Lipinski definition) is 5. The van der Waals surface area contributed by atoms with E-state index in [4.69, 9.17) is 0 Å². The fraction of sp³-hybridized carbons (Fsp3) is 0.545. The van der Waals surface area contributed by atoms with Gasteiger partial charge in [-0.1, -0.05) is 6.07 Å². The van der Waals surface area contributed by atoms with E-state index in [-0.39, 0.29) is 35.6 Å². The van der Waals surface area contributed by atoms with Crippen LogP contribution in [0.4, 0.5) is 8.78 Å². The topological polar surface area (TPSA) is 86.8 Å². The van der Waals surface area contributed by atoms with Crippen LogP contribution in [0.25, 0.3) is 5.82 Å². The van der Waals surface area contributed by atoms with Gasteiger partial charge in [0.15, 0.2) is 12.0 Å². The zero-order chi connectivity index (χ0) is 21.8. The summed E-state index contributed by atoms with van der Waals surface area (Å²) in [5, 5.41) is 17.0. The molecule has 1 N–H and O–H groups in total. The molecule has 162 valence electrons. The van der Waals surface area contributed by atoms with Crippen molar-refractivity contribution >= 4 is 5.91 Å². The fourth-order valence-electron chi connectivity index (χ4n) is 5.24. The van der Waals surface area contributed by atoms with Crippen LogP contribution in [-0.4, -0.2) is 43.7 Å². The molecule has 31 heavy (non-hydrogen) atoms. The molecule has 4 heterocycles. The normalized spacial score (nSPS) is 27.1. The first-order valence-electron chi connectivity index (χ1n) is 10.7. The van der Waals surface area contributed by atoms with Crippen molar-refractivity contribution in [3.8, 4) is 12.0 Å². The molecular weight excluding hydrogens is 402 g/mol. The van der Waals surface area contributed by atoms with Gasteiger partial charge in [0.25, 0.3) is 5.92 Å². The van der Waals surface area contributed by atoms with Gasteiger partial charge in [0, 0.05) is 25.1 Å². The van der Waals surface area contributed by atoms with Gasteiger partial charge < -0.3 is 10.2 Å². The van der Waals surface area contributed by atoms with Crippen molar-refractivity contribution in [1.29, 1.82) is 5.26 Å². The van der Waals surface area contributed by atoms with E-state index in [1.807, 2.05) is 4.90 Å². The van der Waals surface area contributed by atoms with E-state index in [2.05, 4.69) is 21.6 Å². The van der Waals surface area contributed by atoms with Crippen LogP contribution >= 0.6 is 0 Å². The monoisotopic (exact) mass is 426 g/mol. The number of aromatic nitrogens is 3. The van der Waals surface area contributed by atoms with Crippen molar-refractivity contribution in [3.05, 3.63) is 41.3 Å². The molecule has 2 saturated heterocycles. The number of carbonyl (C=O) groups is 1. The Morgan fingerprint density at radius 1 is 1.32 bits per heavy atom. The van der Waals surface area contributed by atoms with Crippen LogP contribution in [0.1, 0.15) is 49.6 Å². The summed E-state index contributed by atoms with van der Waals surface area (Å²) in [4.78, 5) is 18.8. The summed E-state index contributed by atoms with van der Waals surface area (Å²) in [5.41, 5.74) is 1.54. The molecule has 0 radical (unpaired) electrons. The largest absolute Gasteiger partial charge is 0.351 e. The summed E-state index contributed by atoms with van der Waals surface area (Å²) in [7, 11) is 0. The second-order valence-electron chi connectivity index (χ2n) is 8.91. The lowest BCUT2D eigenvalue weighted by molar-refractivity contribution is -0.126. The number of rotatable bonds is 4. The number of halogens is 2. The molecule has 0 saturated carbocycles. The molecule has 2 fully saturated rings. The third kappa shape index (κ3) is 3.54. The Balaban J connectivity index is 1.28. The number of pyridine rings is 1. The van der Waals surface area contributed by atoms with E-state index in [0.717, 1.165) is 37.4 Å². The highest BCUT2D eigenvalue weighted by Crippen LogP contribution is 2.37. The predicted octanol–water partition coefficient (Wildman–Crippen LogP) is 2.69. The molecule has 5 rings (SSSR count). The van der Waals surface area contributed by atoms with Gasteiger partial charge in [-0.3, -0.25) is 4.79 Å². The molecule has 0 aromatic carbocycles. The highest BCUT2D eigenvalue weighted by molar-refractivity contribution is 5.79. The third-order valence-corrected chi connectivity index (χ3v) is 6.84. The van der Waals surface area contributed by atoms with E-state index in [1.54, 1.807) is 18.3 Å². The van der Waals surface area contributed by atoms with Crippen molar-refractivity contribution in [3.63, 3.8) is 0 Å². The average molecular weight is 426 g/mol.